The number of rotatable bonds is 4. The summed E-state index contributed by atoms with van der Waals surface area (Å²) < 4.78 is 0. The minimum absolute atomic E-state index is 0.0502. The lowest BCUT2D eigenvalue weighted by Crippen LogP contribution is -2.43. The van der Waals surface area contributed by atoms with Crippen LogP contribution in [0, 0.1) is 21.4 Å². The predicted molar refractivity (Wildman–Crippen MR) is 88.7 cm³/mol. The Morgan fingerprint density at radius 2 is 2.17 bits per heavy atom. The summed E-state index contributed by atoms with van der Waals surface area (Å²) in [5.41, 5.74) is 0.622. The van der Waals surface area contributed by atoms with E-state index < -0.39 is 4.92 Å². The van der Waals surface area contributed by atoms with Crippen LogP contribution in [0.4, 0.5) is 17.3 Å². The van der Waals surface area contributed by atoms with E-state index in [0.717, 1.165) is 19.4 Å². The SMILES string of the molecule is N#Cc1ccc(N[C@H]2CCCN(c3ncccn3)C2)c([N+](=O)[O-])c1. The Morgan fingerprint density at radius 3 is 2.88 bits per heavy atom. The molecule has 1 saturated heterocycles. The summed E-state index contributed by atoms with van der Waals surface area (Å²) in [5.74, 6) is 0.665. The van der Waals surface area contributed by atoms with E-state index >= 15 is 0 Å². The van der Waals surface area contributed by atoms with Gasteiger partial charge in [-0.05, 0) is 31.0 Å². The van der Waals surface area contributed by atoms with Crippen LogP contribution in [-0.2, 0) is 0 Å². The second kappa shape index (κ2) is 6.91. The molecule has 1 N–H and O–H groups in total. The summed E-state index contributed by atoms with van der Waals surface area (Å²) in [5, 5.41) is 23.4. The highest BCUT2D eigenvalue weighted by Crippen LogP contribution is 2.28. The monoisotopic (exact) mass is 324 g/mol. The predicted octanol–water partition coefficient (Wildman–Crippen LogP) is 2.34. The number of aromatic nitrogens is 2. The molecule has 0 aliphatic carbocycles. The minimum Gasteiger partial charge on any atom is -0.375 e. The van der Waals surface area contributed by atoms with Gasteiger partial charge in [-0.3, -0.25) is 10.1 Å². The number of nitriles is 1. The van der Waals surface area contributed by atoms with Crippen LogP contribution in [0.25, 0.3) is 0 Å². The topological polar surface area (TPSA) is 108 Å². The summed E-state index contributed by atoms with van der Waals surface area (Å²) in [6.45, 7) is 1.53. The molecule has 8 heteroatoms. The van der Waals surface area contributed by atoms with Crippen LogP contribution in [-0.4, -0.2) is 34.0 Å². The molecule has 3 rings (SSSR count). The van der Waals surface area contributed by atoms with Crippen LogP contribution >= 0.6 is 0 Å². The molecule has 1 aliphatic rings. The molecule has 1 fully saturated rings. The molecule has 0 bridgehead atoms. The highest BCUT2D eigenvalue weighted by Gasteiger charge is 2.24. The number of nitrogens with zero attached hydrogens (tertiary/aromatic N) is 5. The molecule has 0 spiro atoms. The van der Waals surface area contributed by atoms with Crippen molar-refractivity contribution >= 4 is 17.3 Å². The quantitative estimate of drug-likeness (QED) is 0.679. The third-order valence-corrected chi connectivity index (χ3v) is 3.94. The van der Waals surface area contributed by atoms with Gasteiger partial charge >= 0.3 is 0 Å². The van der Waals surface area contributed by atoms with Gasteiger partial charge in [0.15, 0.2) is 0 Å². The largest absolute Gasteiger partial charge is 0.375 e. The molecule has 0 amide bonds. The van der Waals surface area contributed by atoms with Gasteiger partial charge in [-0.15, -0.1) is 0 Å². The lowest BCUT2D eigenvalue weighted by Gasteiger charge is -2.33. The summed E-state index contributed by atoms with van der Waals surface area (Å²) in [7, 11) is 0. The van der Waals surface area contributed by atoms with Crippen molar-refractivity contribution in [3.05, 3.63) is 52.3 Å². The molecule has 2 aromatic rings. The molecule has 8 nitrogen and oxygen atoms in total. The lowest BCUT2D eigenvalue weighted by molar-refractivity contribution is -0.384. The van der Waals surface area contributed by atoms with Crippen molar-refractivity contribution in [2.24, 2.45) is 0 Å². The van der Waals surface area contributed by atoms with Gasteiger partial charge in [0, 0.05) is 37.6 Å². The van der Waals surface area contributed by atoms with Gasteiger partial charge in [0.2, 0.25) is 5.95 Å². The average Bonchev–Trinajstić information content (AvgIpc) is 2.63. The zero-order valence-corrected chi connectivity index (χ0v) is 12.9. The number of nitro benzene ring substituents is 1. The molecule has 0 unspecified atom stereocenters. The van der Waals surface area contributed by atoms with Crippen molar-refractivity contribution in [1.29, 1.82) is 5.26 Å². The molecule has 1 aromatic carbocycles. The zero-order chi connectivity index (χ0) is 16.9. The van der Waals surface area contributed by atoms with E-state index in [-0.39, 0.29) is 17.3 Å². The number of piperidine rings is 1. The zero-order valence-electron chi connectivity index (χ0n) is 12.9. The third kappa shape index (κ3) is 3.41. The summed E-state index contributed by atoms with van der Waals surface area (Å²) in [4.78, 5) is 21.4. The van der Waals surface area contributed by atoms with Crippen molar-refractivity contribution in [3.8, 4) is 6.07 Å². The molecule has 122 valence electrons. The Morgan fingerprint density at radius 1 is 1.38 bits per heavy atom. The van der Waals surface area contributed by atoms with Gasteiger partial charge in [-0.1, -0.05) is 0 Å². The smallest absolute Gasteiger partial charge is 0.293 e. The lowest BCUT2D eigenvalue weighted by atomic mass is 10.0. The first-order valence-corrected chi connectivity index (χ1v) is 7.64. The first kappa shape index (κ1) is 15.7. The van der Waals surface area contributed by atoms with Crippen LogP contribution in [0.3, 0.4) is 0 Å². The van der Waals surface area contributed by atoms with E-state index in [1.807, 2.05) is 6.07 Å². The summed E-state index contributed by atoms with van der Waals surface area (Å²) in [6, 6.07) is 8.21. The van der Waals surface area contributed by atoms with Crippen molar-refractivity contribution < 1.29 is 4.92 Å². The molecule has 0 radical (unpaired) electrons. The van der Waals surface area contributed by atoms with Crippen LogP contribution in [0.1, 0.15) is 18.4 Å². The Balaban J connectivity index is 1.76. The average molecular weight is 324 g/mol. The van der Waals surface area contributed by atoms with Crippen molar-refractivity contribution in [2.45, 2.75) is 18.9 Å². The fourth-order valence-electron chi connectivity index (χ4n) is 2.83. The number of hydrogen-bond donors (Lipinski definition) is 1. The Bertz CT molecular complexity index is 774. The molecular formula is C16H16N6O2. The van der Waals surface area contributed by atoms with Gasteiger partial charge in [0.25, 0.3) is 5.69 Å². The standard InChI is InChI=1S/C16H16N6O2/c17-10-12-4-5-14(15(9-12)22(23)24)20-13-3-1-8-21(11-13)16-18-6-2-7-19-16/h2,4-7,9,13,20H,1,3,8,11H2/t13-/m0/s1. The Kier molecular flexibility index (Phi) is 4.52. The van der Waals surface area contributed by atoms with Crippen LogP contribution < -0.4 is 10.2 Å². The number of anilines is 2. The first-order valence-electron chi connectivity index (χ1n) is 7.64. The number of nitro groups is 1. The van der Waals surface area contributed by atoms with Gasteiger partial charge in [-0.2, -0.15) is 5.26 Å². The van der Waals surface area contributed by atoms with Gasteiger partial charge in [0.1, 0.15) is 5.69 Å². The number of benzene rings is 1. The third-order valence-electron chi connectivity index (χ3n) is 3.94. The molecule has 2 heterocycles. The second-order valence-electron chi connectivity index (χ2n) is 5.58. The molecule has 24 heavy (non-hydrogen) atoms. The van der Waals surface area contributed by atoms with E-state index in [9.17, 15) is 10.1 Å². The van der Waals surface area contributed by atoms with Gasteiger partial charge in [0.05, 0.1) is 16.6 Å². The normalized spacial score (nSPS) is 17.1. The van der Waals surface area contributed by atoms with E-state index in [4.69, 9.17) is 5.26 Å². The van der Waals surface area contributed by atoms with E-state index in [0.29, 0.717) is 18.2 Å². The second-order valence-corrected chi connectivity index (χ2v) is 5.58. The summed E-state index contributed by atoms with van der Waals surface area (Å²) >= 11 is 0. The van der Waals surface area contributed by atoms with Crippen molar-refractivity contribution in [2.75, 3.05) is 23.3 Å². The maximum atomic E-state index is 11.2. The fourth-order valence-corrected chi connectivity index (χ4v) is 2.83. The van der Waals surface area contributed by atoms with Crippen LogP contribution in [0.15, 0.2) is 36.7 Å². The molecule has 1 atom stereocenters. The molecular weight excluding hydrogens is 308 g/mol. The number of nitrogens with one attached hydrogen (secondary N) is 1. The maximum absolute atomic E-state index is 11.2. The van der Waals surface area contributed by atoms with E-state index in [1.54, 1.807) is 30.6 Å². The summed E-state index contributed by atoms with van der Waals surface area (Å²) in [6.07, 6.45) is 5.25. The first-order chi connectivity index (χ1) is 11.7. The molecule has 1 aromatic heterocycles. The van der Waals surface area contributed by atoms with Crippen molar-refractivity contribution in [3.63, 3.8) is 0 Å². The van der Waals surface area contributed by atoms with Crippen LogP contribution in [0.2, 0.25) is 0 Å². The highest BCUT2D eigenvalue weighted by molar-refractivity contribution is 5.64. The van der Waals surface area contributed by atoms with Crippen LogP contribution in [0.5, 0.6) is 0 Å². The maximum Gasteiger partial charge on any atom is 0.293 e. The van der Waals surface area contributed by atoms with Gasteiger partial charge in [-0.25, -0.2) is 9.97 Å². The Hall–Kier alpha value is -3.21. The highest BCUT2D eigenvalue weighted by atomic mass is 16.6. The van der Waals surface area contributed by atoms with Crippen molar-refractivity contribution in [1.82, 2.24) is 9.97 Å². The Labute approximate surface area is 138 Å². The van der Waals surface area contributed by atoms with E-state index in [1.165, 1.54) is 6.07 Å². The fraction of sp³-hybridized carbons (Fsp3) is 0.312. The minimum atomic E-state index is -0.468. The number of hydrogen-bond acceptors (Lipinski definition) is 7. The van der Waals surface area contributed by atoms with Gasteiger partial charge < -0.3 is 10.2 Å². The molecule has 0 saturated carbocycles. The molecule has 1 aliphatic heterocycles. The van der Waals surface area contributed by atoms with E-state index in [2.05, 4.69) is 20.2 Å².